The molecular weight excluding hydrogens is 510 g/mol. The summed E-state index contributed by atoms with van der Waals surface area (Å²) in [7, 11) is 1.69. The first-order valence-electron chi connectivity index (χ1n) is 14.1. The number of ether oxygens (including phenoxy) is 1. The highest BCUT2D eigenvalue weighted by molar-refractivity contribution is 5.87. The van der Waals surface area contributed by atoms with Crippen molar-refractivity contribution < 1.29 is 19.4 Å². The van der Waals surface area contributed by atoms with Crippen molar-refractivity contribution >= 4 is 34.7 Å². The number of carboxylic acid groups (broad SMARTS) is 1. The number of anilines is 2. The number of carboxylic acids is 1. The normalized spacial score (nSPS) is 14.0. The van der Waals surface area contributed by atoms with Gasteiger partial charge in [-0.05, 0) is 30.5 Å². The van der Waals surface area contributed by atoms with E-state index in [1.54, 1.807) is 7.11 Å². The largest absolute Gasteiger partial charge is 0.496 e. The first-order valence-corrected chi connectivity index (χ1v) is 14.1. The summed E-state index contributed by atoms with van der Waals surface area (Å²) in [6, 6.07) is 8.28. The first-order chi connectivity index (χ1) is 19.4. The third kappa shape index (κ3) is 7.62. The van der Waals surface area contributed by atoms with Gasteiger partial charge in [0, 0.05) is 63.9 Å². The third-order valence-corrected chi connectivity index (χ3v) is 7.31. The number of amides is 1. The Labute approximate surface area is 235 Å². The zero-order valence-electron chi connectivity index (χ0n) is 23.6. The van der Waals surface area contributed by atoms with Gasteiger partial charge in [0.05, 0.1) is 19.2 Å². The quantitative estimate of drug-likeness (QED) is 0.257. The average molecular weight is 552 g/mol. The second kappa shape index (κ2) is 14.0. The molecule has 0 atom stereocenters. The standard InChI is InChI=1S/C29H41N7O4/c1-3-4-5-12-31-28-27-23(32-29(30)33-28)11-13-36(27)20-22-10-9-21(18-24(22)40-2)19-34-14-16-35(17-15-34)25(37)7-6-8-26(38)39/h9-11,13,18H,3-8,12,14-17,19-20H2,1-2H3,(H,38,39)(H3,30,31,32,33). The maximum absolute atomic E-state index is 12.4. The van der Waals surface area contributed by atoms with Gasteiger partial charge in [0.15, 0.2) is 5.82 Å². The molecule has 0 spiro atoms. The number of piperazine rings is 1. The second-order valence-electron chi connectivity index (χ2n) is 10.3. The number of nitrogens with one attached hydrogen (secondary N) is 1. The van der Waals surface area contributed by atoms with Gasteiger partial charge in [0.1, 0.15) is 11.3 Å². The van der Waals surface area contributed by atoms with Crippen LogP contribution >= 0.6 is 0 Å². The molecule has 1 aromatic carbocycles. The molecule has 11 heteroatoms. The van der Waals surface area contributed by atoms with Crippen molar-refractivity contribution in [3.63, 3.8) is 0 Å². The highest BCUT2D eigenvalue weighted by atomic mass is 16.5. The Morgan fingerprint density at radius 2 is 1.85 bits per heavy atom. The van der Waals surface area contributed by atoms with Crippen molar-refractivity contribution in [2.45, 2.75) is 58.5 Å². The Kier molecular flexibility index (Phi) is 10.2. The summed E-state index contributed by atoms with van der Waals surface area (Å²) in [5.74, 6) is 1.00. The minimum Gasteiger partial charge on any atom is -0.496 e. The van der Waals surface area contributed by atoms with Crippen LogP contribution in [0, 0.1) is 0 Å². The van der Waals surface area contributed by atoms with E-state index in [-0.39, 0.29) is 24.7 Å². The van der Waals surface area contributed by atoms with Crippen LogP contribution in [0.15, 0.2) is 30.5 Å². The predicted molar refractivity (Wildman–Crippen MR) is 155 cm³/mol. The molecule has 1 aliphatic rings. The van der Waals surface area contributed by atoms with Crippen LogP contribution in [0.1, 0.15) is 56.6 Å². The van der Waals surface area contributed by atoms with Crippen LogP contribution in [0.5, 0.6) is 5.75 Å². The lowest BCUT2D eigenvalue weighted by atomic mass is 10.1. The van der Waals surface area contributed by atoms with Gasteiger partial charge in [0.25, 0.3) is 0 Å². The lowest BCUT2D eigenvalue weighted by molar-refractivity contribution is -0.137. The monoisotopic (exact) mass is 551 g/mol. The van der Waals surface area contributed by atoms with Crippen LogP contribution < -0.4 is 15.8 Å². The number of rotatable bonds is 14. The Bertz CT molecular complexity index is 1300. The van der Waals surface area contributed by atoms with Crippen molar-refractivity contribution in [3.05, 3.63) is 41.6 Å². The van der Waals surface area contributed by atoms with E-state index >= 15 is 0 Å². The molecule has 0 aliphatic carbocycles. The molecule has 4 N–H and O–H groups in total. The van der Waals surface area contributed by atoms with Crippen molar-refractivity contribution in [2.24, 2.45) is 0 Å². The van der Waals surface area contributed by atoms with Crippen LogP contribution in [0.4, 0.5) is 11.8 Å². The minimum absolute atomic E-state index is 0.0313. The Hall–Kier alpha value is -3.86. The van der Waals surface area contributed by atoms with Gasteiger partial charge in [-0.3, -0.25) is 14.5 Å². The van der Waals surface area contributed by atoms with E-state index in [0.29, 0.717) is 26.1 Å². The average Bonchev–Trinajstić information content (AvgIpc) is 3.34. The number of aromatic nitrogens is 3. The fourth-order valence-electron chi connectivity index (χ4n) is 5.13. The Balaban J connectivity index is 1.39. The molecule has 40 heavy (non-hydrogen) atoms. The van der Waals surface area contributed by atoms with Crippen LogP contribution in [0.25, 0.3) is 11.0 Å². The number of fused-ring (bicyclic) bond motifs is 1. The summed E-state index contributed by atoms with van der Waals surface area (Å²) in [4.78, 5) is 36.1. The Morgan fingerprint density at radius 3 is 2.58 bits per heavy atom. The van der Waals surface area contributed by atoms with E-state index in [1.165, 1.54) is 0 Å². The highest BCUT2D eigenvalue weighted by Crippen LogP contribution is 2.27. The molecule has 0 bridgehead atoms. The van der Waals surface area contributed by atoms with Crippen LogP contribution in [-0.4, -0.2) is 81.2 Å². The molecular formula is C29H41N7O4. The zero-order valence-corrected chi connectivity index (χ0v) is 23.6. The first kappa shape index (κ1) is 29.1. The summed E-state index contributed by atoms with van der Waals surface area (Å²) < 4.78 is 7.91. The number of nitrogen functional groups attached to an aromatic ring is 1. The molecule has 4 rings (SSSR count). The van der Waals surface area contributed by atoms with E-state index in [2.05, 4.69) is 49.9 Å². The van der Waals surface area contributed by atoms with Gasteiger partial charge >= 0.3 is 5.97 Å². The van der Waals surface area contributed by atoms with E-state index in [0.717, 1.165) is 79.2 Å². The van der Waals surface area contributed by atoms with Gasteiger partial charge in [-0.1, -0.05) is 31.9 Å². The molecule has 3 aromatic rings. The zero-order chi connectivity index (χ0) is 28.5. The molecule has 2 aromatic heterocycles. The Morgan fingerprint density at radius 1 is 1.05 bits per heavy atom. The molecule has 0 saturated carbocycles. The van der Waals surface area contributed by atoms with Crippen molar-refractivity contribution in [1.29, 1.82) is 0 Å². The molecule has 11 nitrogen and oxygen atoms in total. The molecule has 3 heterocycles. The molecule has 1 fully saturated rings. The van der Waals surface area contributed by atoms with Gasteiger partial charge in [-0.2, -0.15) is 4.98 Å². The summed E-state index contributed by atoms with van der Waals surface area (Å²) in [5.41, 5.74) is 9.90. The van der Waals surface area contributed by atoms with E-state index < -0.39 is 5.97 Å². The van der Waals surface area contributed by atoms with Crippen LogP contribution in [-0.2, 0) is 22.7 Å². The maximum Gasteiger partial charge on any atom is 0.303 e. The third-order valence-electron chi connectivity index (χ3n) is 7.31. The number of hydrogen-bond donors (Lipinski definition) is 3. The van der Waals surface area contributed by atoms with E-state index in [9.17, 15) is 9.59 Å². The maximum atomic E-state index is 12.4. The molecule has 1 saturated heterocycles. The van der Waals surface area contributed by atoms with Gasteiger partial charge in [-0.15, -0.1) is 0 Å². The topological polar surface area (TPSA) is 139 Å². The molecule has 1 amide bonds. The van der Waals surface area contributed by atoms with E-state index in [1.807, 2.05) is 17.2 Å². The predicted octanol–water partition coefficient (Wildman–Crippen LogP) is 3.57. The smallest absolute Gasteiger partial charge is 0.303 e. The van der Waals surface area contributed by atoms with Crippen molar-refractivity contribution in [3.8, 4) is 5.75 Å². The number of unbranched alkanes of at least 4 members (excludes halogenated alkanes) is 2. The highest BCUT2D eigenvalue weighted by Gasteiger charge is 2.21. The summed E-state index contributed by atoms with van der Waals surface area (Å²) in [6.07, 6.45) is 6.09. The van der Waals surface area contributed by atoms with Crippen LogP contribution in [0.2, 0.25) is 0 Å². The number of carbonyl (C=O) groups is 2. The fraction of sp³-hybridized carbons (Fsp3) is 0.517. The molecule has 1 aliphatic heterocycles. The minimum atomic E-state index is -0.862. The lowest BCUT2D eigenvalue weighted by Gasteiger charge is -2.35. The van der Waals surface area contributed by atoms with Crippen molar-refractivity contribution in [1.82, 2.24) is 24.3 Å². The summed E-state index contributed by atoms with van der Waals surface area (Å²) in [5, 5.41) is 12.2. The number of carbonyl (C=O) groups excluding carboxylic acids is 1. The van der Waals surface area contributed by atoms with Gasteiger partial charge < -0.3 is 30.4 Å². The van der Waals surface area contributed by atoms with E-state index in [4.69, 9.17) is 15.6 Å². The number of benzene rings is 1. The number of hydrogen-bond acceptors (Lipinski definition) is 8. The molecule has 0 unspecified atom stereocenters. The molecule has 0 radical (unpaired) electrons. The summed E-state index contributed by atoms with van der Waals surface area (Å²) in [6.45, 7) is 7.25. The lowest BCUT2D eigenvalue weighted by Crippen LogP contribution is -2.48. The number of methoxy groups -OCH3 is 1. The SMILES string of the molecule is CCCCCNc1nc(N)nc2ccn(Cc3ccc(CN4CCN(C(=O)CCCC(=O)O)CC4)cc3OC)c12. The summed E-state index contributed by atoms with van der Waals surface area (Å²) >= 11 is 0. The van der Waals surface area contributed by atoms with Gasteiger partial charge in [0.2, 0.25) is 11.9 Å². The van der Waals surface area contributed by atoms with Crippen molar-refractivity contribution in [2.75, 3.05) is 50.9 Å². The number of nitrogens with two attached hydrogens (primary N) is 1. The number of aliphatic carboxylic acids is 1. The van der Waals surface area contributed by atoms with Crippen LogP contribution in [0.3, 0.4) is 0 Å². The second-order valence-corrected chi connectivity index (χ2v) is 10.3. The van der Waals surface area contributed by atoms with Gasteiger partial charge in [-0.25, -0.2) is 4.98 Å². The fourth-order valence-corrected chi connectivity index (χ4v) is 5.13. The molecule has 216 valence electrons. The number of nitrogens with zero attached hydrogens (tertiary/aromatic N) is 5.